The third-order valence-electron chi connectivity index (χ3n) is 5.03. The standard InChI is InChI=1S/C25H22N4O3/c1-16(20-12-13-23(30)24(14-20)32-2)26-29-25(31)22-15-21(27-28-22)19-10-8-18(9-11-19)17-6-4-3-5-7-17/h3-15,30H,1-2H3,(H,27,28)(H,29,31). The quantitative estimate of drug-likeness (QED) is 0.310. The maximum atomic E-state index is 12.5. The van der Waals surface area contributed by atoms with E-state index < -0.39 is 5.91 Å². The number of phenols is 1. The first-order valence-corrected chi connectivity index (χ1v) is 9.98. The predicted octanol–water partition coefficient (Wildman–Crippen LogP) is 4.61. The van der Waals surface area contributed by atoms with Gasteiger partial charge in [0.1, 0.15) is 5.69 Å². The van der Waals surface area contributed by atoms with E-state index in [4.69, 9.17) is 4.74 Å². The van der Waals surface area contributed by atoms with Gasteiger partial charge in [0.15, 0.2) is 11.5 Å². The number of aromatic nitrogens is 2. The molecule has 0 aliphatic heterocycles. The van der Waals surface area contributed by atoms with Crippen molar-refractivity contribution in [2.24, 2.45) is 5.10 Å². The first-order valence-electron chi connectivity index (χ1n) is 9.98. The number of carbonyl (C=O) groups is 1. The number of carbonyl (C=O) groups excluding carboxylic acids is 1. The molecule has 0 aliphatic carbocycles. The van der Waals surface area contributed by atoms with E-state index >= 15 is 0 Å². The Morgan fingerprint density at radius 2 is 1.66 bits per heavy atom. The Morgan fingerprint density at radius 1 is 0.969 bits per heavy atom. The second-order valence-electron chi connectivity index (χ2n) is 7.14. The van der Waals surface area contributed by atoms with Crippen molar-refractivity contribution >= 4 is 11.6 Å². The maximum absolute atomic E-state index is 12.5. The predicted molar refractivity (Wildman–Crippen MR) is 124 cm³/mol. The number of aromatic hydroxyl groups is 1. The summed E-state index contributed by atoms with van der Waals surface area (Å²) < 4.78 is 5.10. The molecule has 7 heteroatoms. The monoisotopic (exact) mass is 426 g/mol. The zero-order valence-electron chi connectivity index (χ0n) is 17.7. The molecule has 4 rings (SSSR count). The van der Waals surface area contributed by atoms with Crippen LogP contribution < -0.4 is 10.2 Å². The minimum absolute atomic E-state index is 0.0369. The number of ether oxygens (including phenoxy) is 1. The van der Waals surface area contributed by atoms with Crippen LogP contribution in [0.1, 0.15) is 23.0 Å². The van der Waals surface area contributed by atoms with Crippen LogP contribution in [-0.2, 0) is 0 Å². The van der Waals surface area contributed by atoms with Gasteiger partial charge in [-0.3, -0.25) is 9.89 Å². The number of amides is 1. The summed E-state index contributed by atoms with van der Waals surface area (Å²) in [6.07, 6.45) is 0. The molecular formula is C25H22N4O3. The fourth-order valence-corrected chi connectivity index (χ4v) is 3.21. The van der Waals surface area contributed by atoms with Crippen molar-refractivity contribution < 1.29 is 14.6 Å². The smallest absolute Gasteiger partial charge is 0.289 e. The van der Waals surface area contributed by atoms with Gasteiger partial charge in [-0.25, -0.2) is 5.43 Å². The average molecular weight is 426 g/mol. The zero-order chi connectivity index (χ0) is 22.5. The Hall–Kier alpha value is -4.39. The van der Waals surface area contributed by atoms with Gasteiger partial charge in [0, 0.05) is 11.1 Å². The van der Waals surface area contributed by atoms with Crippen LogP contribution in [0.25, 0.3) is 22.4 Å². The van der Waals surface area contributed by atoms with Crippen molar-refractivity contribution in [1.82, 2.24) is 15.6 Å². The molecular weight excluding hydrogens is 404 g/mol. The van der Waals surface area contributed by atoms with Crippen LogP contribution in [0.5, 0.6) is 11.5 Å². The fourth-order valence-electron chi connectivity index (χ4n) is 3.21. The molecule has 0 spiro atoms. The van der Waals surface area contributed by atoms with Gasteiger partial charge in [-0.1, -0.05) is 54.6 Å². The number of phenolic OH excluding ortho intramolecular Hbond substituents is 1. The van der Waals surface area contributed by atoms with Crippen LogP contribution in [0.15, 0.2) is 84.0 Å². The van der Waals surface area contributed by atoms with Gasteiger partial charge in [0.25, 0.3) is 5.91 Å². The largest absolute Gasteiger partial charge is 0.504 e. The number of H-pyrrole nitrogens is 1. The molecule has 1 aromatic heterocycles. The summed E-state index contributed by atoms with van der Waals surface area (Å²) in [6, 6.07) is 24.6. The molecule has 0 saturated heterocycles. The van der Waals surface area contributed by atoms with Crippen molar-refractivity contribution in [2.45, 2.75) is 6.92 Å². The lowest BCUT2D eigenvalue weighted by atomic mass is 10.0. The number of aromatic amines is 1. The topological polar surface area (TPSA) is 99.6 Å². The van der Waals surface area contributed by atoms with E-state index in [0.717, 1.165) is 16.7 Å². The molecule has 0 unspecified atom stereocenters. The summed E-state index contributed by atoms with van der Waals surface area (Å²) in [5.74, 6) is -0.0375. The Balaban J connectivity index is 1.45. The van der Waals surface area contributed by atoms with E-state index in [1.165, 1.54) is 13.2 Å². The van der Waals surface area contributed by atoms with Crippen molar-refractivity contribution in [3.8, 4) is 33.9 Å². The molecule has 0 radical (unpaired) electrons. The van der Waals surface area contributed by atoms with E-state index in [-0.39, 0.29) is 5.75 Å². The fraction of sp³-hybridized carbons (Fsp3) is 0.0800. The Labute approximate surface area is 185 Å². The highest BCUT2D eigenvalue weighted by Gasteiger charge is 2.12. The minimum Gasteiger partial charge on any atom is -0.504 e. The number of hydrogen-bond acceptors (Lipinski definition) is 5. The average Bonchev–Trinajstić information content (AvgIpc) is 3.34. The van der Waals surface area contributed by atoms with Gasteiger partial charge in [0.2, 0.25) is 0 Å². The van der Waals surface area contributed by atoms with Crippen molar-refractivity contribution in [2.75, 3.05) is 7.11 Å². The normalized spacial score (nSPS) is 11.2. The summed E-state index contributed by atoms with van der Waals surface area (Å²) in [5.41, 5.74) is 7.91. The summed E-state index contributed by atoms with van der Waals surface area (Å²) >= 11 is 0. The highest BCUT2D eigenvalue weighted by molar-refractivity contribution is 6.01. The zero-order valence-corrected chi connectivity index (χ0v) is 17.7. The van der Waals surface area contributed by atoms with Crippen LogP contribution in [0, 0.1) is 0 Å². The van der Waals surface area contributed by atoms with E-state index in [0.29, 0.717) is 28.4 Å². The van der Waals surface area contributed by atoms with Crippen LogP contribution in [0.4, 0.5) is 0 Å². The third kappa shape index (κ3) is 4.52. The number of hydrogen-bond donors (Lipinski definition) is 3. The van der Waals surface area contributed by atoms with Gasteiger partial charge < -0.3 is 9.84 Å². The van der Waals surface area contributed by atoms with Gasteiger partial charge in [-0.2, -0.15) is 10.2 Å². The summed E-state index contributed by atoms with van der Waals surface area (Å²) in [6.45, 7) is 1.75. The van der Waals surface area contributed by atoms with Gasteiger partial charge in [-0.15, -0.1) is 0 Å². The number of nitrogens with one attached hydrogen (secondary N) is 2. The second kappa shape index (κ2) is 9.18. The number of methoxy groups -OCH3 is 1. The molecule has 0 saturated carbocycles. The van der Waals surface area contributed by atoms with Crippen molar-refractivity contribution in [1.29, 1.82) is 0 Å². The summed E-state index contributed by atoms with van der Waals surface area (Å²) in [5, 5.41) is 20.8. The summed E-state index contributed by atoms with van der Waals surface area (Å²) in [4.78, 5) is 12.5. The Kier molecular flexibility index (Phi) is 5.98. The van der Waals surface area contributed by atoms with Gasteiger partial charge >= 0.3 is 0 Å². The Morgan fingerprint density at radius 3 is 2.38 bits per heavy atom. The van der Waals surface area contributed by atoms with E-state index in [1.54, 1.807) is 25.1 Å². The van der Waals surface area contributed by atoms with Crippen LogP contribution in [0.3, 0.4) is 0 Å². The highest BCUT2D eigenvalue weighted by Crippen LogP contribution is 2.26. The lowest BCUT2D eigenvalue weighted by molar-refractivity contribution is 0.0950. The van der Waals surface area contributed by atoms with Crippen LogP contribution in [-0.4, -0.2) is 34.0 Å². The molecule has 3 aromatic carbocycles. The van der Waals surface area contributed by atoms with Crippen LogP contribution in [0.2, 0.25) is 0 Å². The van der Waals surface area contributed by atoms with Gasteiger partial charge in [0.05, 0.1) is 18.5 Å². The SMILES string of the molecule is COc1cc(C(C)=NNC(=O)c2cc(-c3ccc(-c4ccccc4)cc3)n[nH]2)ccc1O. The van der Waals surface area contributed by atoms with E-state index in [2.05, 4.69) is 32.9 Å². The van der Waals surface area contributed by atoms with E-state index in [9.17, 15) is 9.90 Å². The molecule has 3 N–H and O–H groups in total. The molecule has 4 aromatic rings. The molecule has 160 valence electrons. The minimum atomic E-state index is -0.408. The first kappa shape index (κ1) is 20.9. The summed E-state index contributed by atoms with van der Waals surface area (Å²) in [7, 11) is 1.47. The molecule has 0 aliphatic rings. The first-order chi connectivity index (χ1) is 15.5. The molecule has 0 fully saturated rings. The highest BCUT2D eigenvalue weighted by atomic mass is 16.5. The lowest BCUT2D eigenvalue weighted by Gasteiger charge is -2.06. The molecule has 0 bridgehead atoms. The number of hydrazone groups is 1. The van der Waals surface area contributed by atoms with Crippen molar-refractivity contribution in [3.63, 3.8) is 0 Å². The maximum Gasteiger partial charge on any atom is 0.289 e. The van der Waals surface area contributed by atoms with Gasteiger partial charge in [-0.05, 0) is 42.3 Å². The number of benzene rings is 3. The van der Waals surface area contributed by atoms with Crippen LogP contribution >= 0.6 is 0 Å². The third-order valence-corrected chi connectivity index (χ3v) is 5.03. The number of rotatable bonds is 6. The molecule has 1 amide bonds. The van der Waals surface area contributed by atoms with Crippen molar-refractivity contribution in [3.05, 3.63) is 90.1 Å². The molecule has 32 heavy (non-hydrogen) atoms. The second-order valence-corrected chi connectivity index (χ2v) is 7.14. The van der Waals surface area contributed by atoms with E-state index in [1.807, 2.05) is 42.5 Å². The molecule has 1 heterocycles. The molecule has 7 nitrogen and oxygen atoms in total. The molecule has 0 atom stereocenters. The lowest BCUT2D eigenvalue weighted by Crippen LogP contribution is -2.19. The Bertz CT molecular complexity index is 1260. The number of nitrogens with zero attached hydrogens (tertiary/aromatic N) is 2.